The number of hydrogen-bond donors (Lipinski definition) is 2. The summed E-state index contributed by atoms with van der Waals surface area (Å²) in [6, 6.07) is 4.12. The molecule has 1 aliphatic heterocycles. The van der Waals surface area contributed by atoms with Crippen LogP contribution in [0.15, 0.2) is 18.2 Å². The number of likely N-dealkylation sites (tertiary alicyclic amines) is 1. The zero-order chi connectivity index (χ0) is 14.7. The van der Waals surface area contributed by atoms with Crippen LogP contribution in [0.4, 0.5) is 10.1 Å². The Morgan fingerprint density at radius 2 is 2.10 bits per heavy atom. The molecule has 20 heavy (non-hydrogen) atoms. The molecule has 1 saturated heterocycles. The summed E-state index contributed by atoms with van der Waals surface area (Å²) in [4.78, 5) is 13.5. The second kappa shape index (κ2) is 6.55. The molecular weight excluding hydrogens is 279 g/mol. The van der Waals surface area contributed by atoms with Gasteiger partial charge in [-0.1, -0.05) is 18.5 Å². The molecule has 1 heterocycles. The maximum Gasteiger partial charge on any atom is 0.282 e. The first-order valence-corrected chi connectivity index (χ1v) is 7.45. The van der Waals surface area contributed by atoms with Gasteiger partial charge in [-0.05, 0) is 43.9 Å². The molecule has 0 spiro atoms. The van der Waals surface area contributed by atoms with E-state index in [2.05, 4.69) is 12.2 Å². The molecular formula is C15H21ClFN2O+. The van der Waals surface area contributed by atoms with E-state index < -0.39 is 5.82 Å². The highest BCUT2D eigenvalue weighted by molar-refractivity contribution is 6.31. The van der Waals surface area contributed by atoms with E-state index in [9.17, 15) is 9.18 Å². The fourth-order valence-electron chi connectivity index (χ4n) is 2.58. The van der Waals surface area contributed by atoms with Gasteiger partial charge in [0.2, 0.25) is 0 Å². The maximum atomic E-state index is 13.1. The molecule has 0 aromatic heterocycles. The summed E-state index contributed by atoms with van der Waals surface area (Å²) in [6.07, 6.45) is 2.32. The molecule has 1 aromatic carbocycles. The van der Waals surface area contributed by atoms with Gasteiger partial charge in [0.05, 0.1) is 18.1 Å². The average Bonchev–Trinajstić information content (AvgIpc) is 2.43. The van der Waals surface area contributed by atoms with Gasteiger partial charge < -0.3 is 10.2 Å². The number of carbonyl (C=O) groups excluding carboxylic acids is 1. The Hall–Kier alpha value is -1.13. The largest absolute Gasteiger partial charge is 0.325 e. The Balaban J connectivity index is 1.95. The van der Waals surface area contributed by atoms with Crippen LogP contribution in [0.5, 0.6) is 0 Å². The highest BCUT2D eigenvalue weighted by Crippen LogP contribution is 2.19. The Bertz CT molecular complexity index is 487. The van der Waals surface area contributed by atoms with Crippen molar-refractivity contribution in [2.24, 2.45) is 5.92 Å². The van der Waals surface area contributed by atoms with Gasteiger partial charge in [0.25, 0.3) is 5.91 Å². The van der Waals surface area contributed by atoms with Gasteiger partial charge >= 0.3 is 0 Å². The van der Waals surface area contributed by atoms with Crippen LogP contribution in [-0.4, -0.2) is 25.0 Å². The number of rotatable bonds is 3. The molecule has 5 heteroatoms. The minimum atomic E-state index is -0.478. The number of anilines is 1. The molecule has 0 unspecified atom stereocenters. The topological polar surface area (TPSA) is 33.5 Å². The van der Waals surface area contributed by atoms with Crippen molar-refractivity contribution in [1.29, 1.82) is 0 Å². The summed E-state index contributed by atoms with van der Waals surface area (Å²) >= 11 is 5.71. The van der Waals surface area contributed by atoms with E-state index >= 15 is 0 Å². The standard InChI is InChI=1S/C15H20ClFN2O/c1-10-5-7-19(8-6-10)11(2)15(20)18-12-3-4-14(17)13(16)9-12/h3-4,9-11H,5-8H2,1-2H3,(H,18,20)/p+1/t11-/m1/s1. The van der Waals surface area contributed by atoms with Crippen molar-refractivity contribution in [3.63, 3.8) is 0 Å². The van der Waals surface area contributed by atoms with Crippen LogP contribution in [-0.2, 0) is 4.79 Å². The van der Waals surface area contributed by atoms with Crippen LogP contribution in [0.25, 0.3) is 0 Å². The molecule has 1 aromatic rings. The van der Waals surface area contributed by atoms with Crippen molar-refractivity contribution in [2.45, 2.75) is 32.7 Å². The average molecular weight is 300 g/mol. The number of carbonyl (C=O) groups is 1. The molecule has 0 radical (unpaired) electrons. The van der Waals surface area contributed by atoms with Crippen molar-refractivity contribution < 1.29 is 14.1 Å². The monoisotopic (exact) mass is 299 g/mol. The summed E-state index contributed by atoms with van der Waals surface area (Å²) in [5.74, 6) is 0.232. The van der Waals surface area contributed by atoms with Gasteiger partial charge in [-0.25, -0.2) is 4.39 Å². The lowest BCUT2D eigenvalue weighted by Crippen LogP contribution is -3.17. The SMILES string of the molecule is CC1CC[NH+]([C@H](C)C(=O)Nc2ccc(F)c(Cl)c2)CC1. The van der Waals surface area contributed by atoms with Crippen molar-refractivity contribution in [3.05, 3.63) is 29.0 Å². The van der Waals surface area contributed by atoms with Crippen molar-refractivity contribution in [1.82, 2.24) is 0 Å². The zero-order valence-corrected chi connectivity index (χ0v) is 12.6. The van der Waals surface area contributed by atoms with Crippen LogP contribution in [0.1, 0.15) is 26.7 Å². The Labute approximate surface area is 124 Å². The third-order valence-corrected chi connectivity index (χ3v) is 4.40. The Kier molecular flexibility index (Phi) is 5.00. The lowest BCUT2D eigenvalue weighted by atomic mass is 9.98. The second-order valence-electron chi connectivity index (χ2n) is 5.68. The number of nitrogens with one attached hydrogen (secondary N) is 2. The molecule has 3 nitrogen and oxygen atoms in total. The molecule has 2 rings (SSSR count). The third kappa shape index (κ3) is 3.70. The van der Waals surface area contributed by atoms with Crippen molar-refractivity contribution in [2.75, 3.05) is 18.4 Å². The highest BCUT2D eigenvalue weighted by atomic mass is 35.5. The van der Waals surface area contributed by atoms with Gasteiger partial charge in [-0.15, -0.1) is 0 Å². The second-order valence-corrected chi connectivity index (χ2v) is 6.09. The zero-order valence-electron chi connectivity index (χ0n) is 11.9. The quantitative estimate of drug-likeness (QED) is 0.881. The predicted molar refractivity (Wildman–Crippen MR) is 78.6 cm³/mol. The predicted octanol–water partition coefficient (Wildman–Crippen LogP) is 2.12. The molecule has 1 aliphatic rings. The van der Waals surface area contributed by atoms with E-state index in [4.69, 9.17) is 11.6 Å². The third-order valence-electron chi connectivity index (χ3n) is 4.11. The first-order chi connectivity index (χ1) is 9.47. The summed E-state index contributed by atoms with van der Waals surface area (Å²) in [5, 5.41) is 2.83. The summed E-state index contributed by atoms with van der Waals surface area (Å²) in [6.45, 7) is 6.24. The van der Waals surface area contributed by atoms with E-state index in [1.807, 2.05) is 6.92 Å². The number of amides is 1. The first-order valence-electron chi connectivity index (χ1n) is 7.08. The molecule has 0 aliphatic carbocycles. The molecule has 1 amide bonds. The molecule has 2 N–H and O–H groups in total. The van der Waals surface area contributed by atoms with Gasteiger partial charge in [0, 0.05) is 5.69 Å². The Morgan fingerprint density at radius 3 is 2.70 bits per heavy atom. The number of quaternary nitrogens is 1. The fourth-order valence-corrected chi connectivity index (χ4v) is 2.76. The minimum Gasteiger partial charge on any atom is -0.325 e. The normalized spacial score (nSPS) is 24.2. The number of hydrogen-bond acceptors (Lipinski definition) is 1. The van der Waals surface area contributed by atoms with Crippen LogP contribution >= 0.6 is 11.6 Å². The number of halogens is 2. The smallest absolute Gasteiger partial charge is 0.282 e. The van der Waals surface area contributed by atoms with Crippen molar-refractivity contribution >= 4 is 23.2 Å². The highest BCUT2D eigenvalue weighted by Gasteiger charge is 2.28. The van der Waals surface area contributed by atoms with E-state index in [1.54, 1.807) is 0 Å². The summed E-state index contributed by atoms with van der Waals surface area (Å²) < 4.78 is 13.1. The molecule has 110 valence electrons. The van der Waals surface area contributed by atoms with Crippen molar-refractivity contribution in [3.8, 4) is 0 Å². The maximum absolute atomic E-state index is 13.1. The fraction of sp³-hybridized carbons (Fsp3) is 0.533. The molecule has 0 bridgehead atoms. The lowest BCUT2D eigenvalue weighted by molar-refractivity contribution is -0.919. The lowest BCUT2D eigenvalue weighted by Gasteiger charge is -2.31. The number of piperidine rings is 1. The van der Waals surface area contributed by atoms with E-state index in [0.717, 1.165) is 31.8 Å². The Morgan fingerprint density at radius 1 is 1.45 bits per heavy atom. The van der Waals surface area contributed by atoms with Crippen LogP contribution in [0, 0.1) is 11.7 Å². The molecule has 1 atom stereocenters. The molecule has 0 saturated carbocycles. The van der Waals surface area contributed by atoms with Crippen LogP contribution < -0.4 is 10.2 Å². The summed E-state index contributed by atoms with van der Waals surface area (Å²) in [7, 11) is 0. The van der Waals surface area contributed by atoms with E-state index in [-0.39, 0.29) is 17.0 Å². The minimum absolute atomic E-state index is 0.0228. The van der Waals surface area contributed by atoms with Crippen LogP contribution in [0.3, 0.4) is 0 Å². The molecule has 1 fully saturated rings. The first kappa shape index (κ1) is 15.3. The van der Waals surface area contributed by atoms with E-state index in [1.165, 1.54) is 23.1 Å². The van der Waals surface area contributed by atoms with Gasteiger partial charge in [-0.2, -0.15) is 0 Å². The summed E-state index contributed by atoms with van der Waals surface area (Å²) in [5.41, 5.74) is 0.540. The van der Waals surface area contributed by atoms with Gasteiger partial charge in [0.15, 0.2) is 6.04 Å². The number of benzene rings is 1. The van der Waals surface area contributed by atoms with Gasteiger partial charge in [0.1, 0.15) is 5.82 Å². The van der Waals surface area contributed by atoms with Gasteiger partial charge in [-0.3, -0.25) is 4.79 Å². The van der Waals surface area contributed by atoms with Crippen LogP contribution in [0.2, 0.25) is 5.02 Å². The van der Waals surface area contributed by atoms with E-state index in [0.29, 0.717) is 5.69 Å².